The van der Waals surface area contributed by atoms with Crippen LogP contribution in [0.25, 0.3) is 0 Å². The summed E-state index contributed by atoms with van der Waals surface area (Å²) in [4.78, 5) is 4.30. The highest BCUT2D eigenvalue weighted by Gasteiger charge is 2.12. The SMILES string of the molecule is NC(=Nc1ccc2c(c1)OCCO2)SCc1c(F)cccc1Cl. The number of rotatable bonds is 3. The lowest BCUT2D eigenvalue weighted by atomic mass is 10.2. The molecule has 0 spiro atoms. The molecule has 2 N–H and O–H groups in total. The molecule has 1 aliphatic rings. The van der Waals surface area contributed by atoms with Gasteiger partial charge in [-0.2, -0.15) is 0 Å². The topological polar surface area (TPSA) is 56.8 Å². The number of halogens is 2. The van der Waals surface area contributed by atoms with E-state index in [0.717, 1.165) is 0 Å². The Morgan fingerprint density at radius 3 is 2.78 bits per heavy atom. The van der Waals surface area contributed by atoms with Crippen molar-refractivity contribution in [1.82, 2.24) is 0 Å². The minimum atomic E-state index is -0.350. The average Bonchev–Trinajstić information content (AvgIpc) is 2.54. The lowest BCUT2D eigenvalue weighted by molar-refractivity contribution is 0.171. The first-order valence-electron chi connectivity index (χ1n) is 6.93. The number of aliphatic imine (C=N–C) groups is 1. The van der Waals surface area contributed by atoms with Gasteiger partial charge in [-0.1, -0.05) is 29.4 Å². The van der Waals surface area contributed by atoms with Crippen LogP contribution in [0.4, 0.5) is 10.1 Å². The fourth-order valence-electron chi connectivity index (χ4n) is 2.08. The first-order chi connectivity index (χ1) is 11.1. The van der Waals surface area contributed by atoms with E-state index in [1.54, 1.807) is 30.3 Å². The van der Waals surface area contributed by atoms with Crippen LogP contribution >= 0.6 is 23.4 Å². The van der Waals surface area contributed by atoms with Gasteiger partial charge in [-0.25, -0.2) is 9.38 Å². The van der Waals surface area contributed by atoms with E-state index >= 15 is 0 Å². The third-order valence-corrected chi connectivity index (χ3v) is 4.37. The van der Waals surface area contributed by atoms with Gasteiger partial charge >= 0.3 is 0 Å². The van der Waals surface area contributed by atoms with E-state index in [0.29, 0.717) is 51.9 Å². The molecule has 1 aliphatic heterocycles. The van der Waals surface area contributed by atoms with E-state index in [1.165, 1.54) is 17.8 Å². The molecular formula is C16H14ClFN2O2S. The Labute approximate surface area is 142 Å². The van der Waals surface area contributed by atoms with Gasteiger partial charge in [0.2, 0.25) is 0 Å². The molecule has 0 aliphatic carbocycles. The van der Waals surface area contributed by atoms with Gasteiger partial charge < -0.3 is 15.2 Å². The highest BCUT2D eigenvalue weighted by Crippen LogP contribution is 2.34. The number of nitrogens with zero attached hydrogens (tertiary/aromatic N) is 1. The summed E-state index contributed by atoms with van der Waals surface area (Å²) in [5, 5.41) is 0.700. The number of amidine groups is 1. The van der Waals surface area contributed by atoms with Crippen molar-refractivity contribution in [2.24, 2.45) is 10.7 Å². The van der Waals surface area contributed by atoms with Crippen molar-refractivity contribution in [2.75, 3.05) is 13.2 Å². The Bertz CT molecular complexity index is 735. The summed E-state index contributed by atoms with van der Waals surface area (Å²) < 4.78 is 24.7. The molecular weight excluding hydrogens is 339 g/mol. The van der Waals surface area contributed by atoms with Crippen LogP contribution in [0.2, 0.25) is 5.02 Å². The summed E-state index contributed by atoms with van der Waals surface area (Å²) in [5.74, 6) is 1.30. The van der Waals surface area contributed by atoms with E-state index in [9.17, 15) is 4.39 Å². The summed E-state index contributed by atoms with van der Waals surface area (Å²) >= 11 is 7.21. The average molecular weight is 353 g/mol. The normalized spacial score (nSPS) is 13.9. The van der Waals surface area contributed by atoms with Crippen LogP contribution in [0.15, 0.2) is 41.4 Å². The number of fused-ring (bicyclic) bond motifs is 1. The molecule has 23 heavy (non-hydrogen) atoms. The Morgan fingerprint density at radius 2 is 2.00 bits per heavy atom. The Morgan fingerprint density at radius 1 is 1.22 bits per heavy atom. The minimum Gasteiger partial charge on any atom is -0.486 e. The lowest BCUT2D eigenvalue weighted by Crippen LogP contribution is -2.15. The summed E-state index contributed by atoms with van der Waals surface area (Å²) in [7, 11) is 0. The van der Waals surface area contributed by atoms with Crippen molar-refractivity contribution in [2.45, 2.75) is 5.75 Å². The second-order valence-corrected chi connectivity index (χ2v) is 6.17. The molecule has 0 saturated carbocycles. The quantitative estimate of drug-likeness (QED) is 0.666. The molecule has 2 aromatic rings. The molecule has 7 heteroatoms. The third-order valence-electron chi connectivity index (χ3n) is 3.19. The number of hydrogen-bond acceptors (Lipinski definition) is 4. The standard InChI is InChI=1S/C16H14ClFN2O2S/c17-12-2-1-3-13(18)11(12)9-23-16(19)20-10-4-5-14-15(8-10)22-7-6-21-14/h1-5,8H,6-7,9H2,(H2,19,20). The number of hydrogen-bond donors (Lipinski definition) is 1. The van der Waals surface area contributed by atoms with Gasteiger partial charge in [0.25, 0.3) is 0 Å². The maximum Gasteiger partial charge on any atom is 0.163 e. The number of benzene rings is 2. The fraction of sp³-hybridized carbons (Fsp3) is 0.188. The molecule has 0 atom stereocenters. The van der Waals surface area contributed by atoms with Crippen LogP contribution in [-0.2, 0) is 5.75 Å². The summed E-state index contributed by atoms with van der Waals surface area (Å²) in [6.45, 7) is 1.05. The number of nitrogens with two attached hydrogens (primary N) is 1. The van der Waals surface area contributed by atoms with Gasteiger partial charge in [-0.3, -0.25) is 0 Å². The van der Waals surface area contributed by atoms with Crippen molar-refractivity contribution in [3.8, 4) is 11.5 Å². The molecule has 0 bridgehead atoms. The lowest BCUT2D eigenvalue weighted by Gasteiger charge is -2.18. The highest BCUT2D eigenvalue weighted by atomic mass is 35.5. The van der Waals surface area contributed by atoms with E-state index < -0.39 is 0 Å². The van der Waals surface area contributed by atoms with Crippen molar-refractivity contribution in [3.63, 3.8) is 0 Å². The van der Waals surface area contributed by atoms with Crippen molar-refractivity contribution in [3.05, 3.63) is 52.8 Å². The van der Waals surface area contributed by atoms with Crippen LogP contribution in [0, 0.1) is 5.82 Å². The number of ether oxygens (including phenoxy) is 2. The van der Waals surface area contributed by atoms with E-state index in [-0.39, 0.29) is 5.82 Å². The van der Waals surface area contributed by atoms with Gasteiger partial charge in [0.1, 0.15) is 19.0 Å². The molecule has 4 nitrogen and oxygen atoms in total. The van der Waals surface area contributed by atoms with Crippen molar-refractivity contribution >= 4 is 34.2 Å². The van der Waals surface area contributed by atoms with Gasteiger partial charge in [-0.15, -0.1) is 0 Å². The zero-order valence-electron chi connectivity index (χ0n) is 12.1. The molecule has 3 rings (SSSR count). The molecule has 2 aromatic carbocycles. The van der Waals surface area contributed by atoms with Gasteiger partial charge in [0.05, 0.1) is 5.69 Å². The van der Waals surface area contributed by atoms with E-state index in [1.807, 2.05) is 0 Å². The van der Waals surface area contributed by atoms with E-state index in [4.69, 9.17) is 26.8 Å². The molecule has 0 unspecified atom stereocenters. The molecule has 0 radical (unpaired) electrons. The zero-order chi connectivity index (χ0) is 16.2. The molecule has 0 amide bonds. The Hall–Kier alpha value is -1.92. The molecule has 0 saturated heterocycles. The molecule has 0 fully saturated rings. The highest BCUT2D eigenvalue weighted by molar-refractivity contribution is 8.13. The molecule has 0 aromatic heterocycles. The fourth-order valence-corrected chi connectivity index (χ4v) is 3.14. The molecule has 120 valence electrons. The van der Waals surface area contributed by atoms with Gasteiger partial charge in [-0.05, 0) is 24.3 Å². The second kappa shape index (κ2) is 7.10. The second-order valence-electron chi connectivity index (χ2n) is 4.77. The summed E-state index contributed by atoms with van der Waals surface area (Å²) in [5.41, 5.74) is 6.97. The predicted octanol–water partition coefficient (Wildman–Crippen LogP) is 4.13. The first kappa shape index (κ1) is 16.0. The first-order valence-corrected chi connectivity index (χ1v) is 8.29. The third kappa shape index (κ3) is 3.89. The van der Waals surface area contributed by atoms with Crippen LogP contribution in [0.5, 0.6) is 11.5 Å². The number of thioether (sulfide) groups is 1. The Kier molecular flexibility index (Phi) is 4.93. The zero-order valence-corrected chi connectivity index (χ0v) is 13.7. The van der Waals surface area contributed by atoms with Crippen LogP contribution in [-0.4, -0.2) is 18.4 Å². The smallest absolute Gasteiger partial charge is 0.163 e. The monoisotopic (exact) mass is 352 g/mol. The summed E-state index contributed by atoms with van der Waals surface area (Å²) in [6.07, 6.45) is 0. The minimum absolute atomic E-state index is 0.311. The van der Waals surface area contributed by atoms with Crippen molar-refractivity contribution < 1.29 is 13.9 Å². The maximum atomic E-state index is 13.7. The maximum absolute atomic E-state index is 13.7. The Balaban J connectivity index is 1.70. The van der Waals surface area contributed by atoms with Crippen LogP contribution in [0.3, 0.4) is 0 Å². The van der Waals surface area contributed by atoms with Crippen LogP contribution < -0.4 is 15.2 Å². The molecule has 1 heterocycles. The summed E-state index contributed by atoms with van der Waals surface area (Å²) in [6, 6.07) is 9.93. The van der Waals surface area contributed by atoms with E-state index in [2.05, 4.69) is 4.99 Å². The largest absolute Gasteiger partial charge is 0.486 e. The van der Waals surface area contributed by atoms with Gasteiger partial charge in [0, 0.05) is 22.4 Å². The van der Waals surface area contributed by atoms with Gasteiger partial charge in [0.15, 0.2) is 16.7 Å². The van der Waals surface area contributed by atoms with Crippen LogP contribution in [0.1, 0.15) is 5.56 Å². The van der Waals surface area contributed by atoms with Crippen molar-refractivity contribution in [1.29, 1.82) is 0 Å². The predicted molar refractivity (Wildman–Crippen MR) is 91.4 cm³/mol.